The lowest BCUT2D eigenvalue weighted by Gasteiger charge is -2.19. The van der Waals surface area contributed by atoms with Crippen LogP contribution in [0.2, 0.25) is 0 Å². The van der Waals surface area contributed by atoms with Crippen molar-refractivity contribution < 1.29 is 24.0 Å². The number of carbonyl (C=O) groups is 1. The fraction of sp³-hybridized carbons (Fsp3) is 0.308. The van der Waals surface area contributed by atoms with E-state index in [0.717, 1.165) is 5.56 Å². The molecular formula is C13H12O5. The van der Waals surface area contributed by atoms with Crippen molar-refractivity contribution in [3.8, 4) is 0 Å². The number of hydrogen-bond acceptors (Lipinski definition) is 5. The van der Waals surface area contributed by atoms with Gasteiger partial charge in [0.1, 0.15) is 5.57 Å². The highest BCUT2D eigenvalue weighted by Crippen LogP contribution is 2.51. The van der Waals surface area contributed by atoms with Crippen LogP contribution in [0.15, 0.2) is 42.0 Å². The van der Waals surface area contributed by atoms with Crippen LogP contribution in [0.5, 0.6) is 0 Å². The Morgan fingerprint density at radius 1 is 1.22 bits per heavy atom. The van der Waals surface area contributed by atoms with Gasteiger partial charge in [0.2, 0.25) is 5.79 Å². The Balaban J connectivity index is 2.07. The van der Waals surface area contributed by atoms with Crippen LogP contribution in [0.3, 0.4) is 0 Å². The Labute approximate surface area is 104 Å². The predicted molar refractivity (Wildman–Crippen MR) is 59.9 cm³/mol. The summed E-state index contributed by atoms with van der Waals surface area (Å²) in [6.45, 7) is 1.62. The van der Waals surface area contributed by atoms with E-state index < -0.39 is 17.5 Å². The second-order valence-electron chi connectivity index (χ2n) is 4.30. The molecule has 2 aliphatic rings. The Bertz CT molecular complexity index is 523. The first-order valence-corrected chi connectivity index (χ1v) is 5.54. The average Bonchev–Trinajstić information content (AvgIpc) is 2.91. The molecule has 2 heterocycles. The van der Waals surface area contributed by atoms with E-state index in [4.69, 9.17) is 19.2 Å². The van der Waals surface area contributed by atoms with Crippen LogP contribution < -0.4 is 0 Å². The second kappa shape index (κ2) is 3.65. The van der Waals surface area contributed by atoms with Gasteiger partial charge in [-0.2, -0.15) is 9.78 Å². The minimum absolute atomic E-state index is 0.306. The fourth-order valence-electron chi connectivity index (χ4n) is 2.15. The summed E-state index contributed by atoms with van der Waals surface area (Å²) in [5.41, 5.74) is 1.06. The molecular weight excluding hydrogens is 236 g/mol. The summed E-state index contributed by atoms with van der Waals surface area (Å²) >= 11 is 0. The van der Waals surface area contributed by atoms with Crippen molar-refractivity contribution in [2.24, 2.45) is 0 Å². The summed E-state index contributed by atoms with van der Waals surface area (Å²) in [4.78, 5) is 22.1. The van der Waals surface area contributed by atoms with Crippen LogP contribution >= 0.6 is 0 Å². The molecule has 1 fully saturated rings. The number of esters is 1. The number of carbonyl (C=O) groups excluding carboxylic acids is 1. The summed E-state index contributed by atoms with van der Waals surface area (Å²) in [6, 6.07) is 9.28. The van der Waals surface area contributed by atoms with Gasteiger partial charge in [0, 0.05) is 5.56 Å². The van der Waals surface area contributed by atoms with Gasteiger partial charge in [-0.05, 0) is 13.0 Å². The predicted octanol–water partition coefficient (Wildman–Crippen LogP) is 1.65. The zero-order valence-electron chi connectivity index (χ0n) is 10.0. The average molecular weight is 248 g/mol. The molecule has 2 aliphatic heterocycles. The summed E-state index contributed by atoms with van der Waals surface area (Å²) in [5, 5.41) is 0. The maximum absolute atomic E-state index is 11.7. The summed E-state index contributed by atoms with van der Waals surface area (Å²) < 4.78 is 10.4. The van der Waals surface area contributed by atoms with Crippen molar-refractivity contribution in [3.05, 3.63) is 47.5 Å². The van der Waals surface area contributed by atoms with Crippen LogP contribution in [-0.4, -0.2) is 18.9 Å². The van der Waals surface area contributed by atoms with E-state index in [2.05, 4.69) is 0 Å². The minimum Gasteiger partial charge on any atom is -0.466 e. The second-order valence-corrected chi connectivity index (χ2v) is 4.30. The van der Waals surface area contributed by atoms with Gasteiger partial charge >= 0.3 is 5.97 Å². The number of rotatable bonds is 2. The first-order chi connectivity index (χ1) is 8.60. The van der Waals surface area contributed by atoms with Gasteiger partial charge < -0.3 is 9.47 Å². The zero-order chi connectivity index (χ0) is 12.8. The van der Waals surface area contributed by atoms with Crippen molar-refractivity contribution in [1.82, 2.24) is 0 Å². The molecule has 0 aliphatic carbocycles. The standard InChI is InChI=1S/C13H12O5/c1-12-10(11(14)15-2)8-13(16-12,18-17-12)9-6-4-3-5-7-9/h3-8H,1-2H3. The van der Waals surface area contributed by atoms with Crippen LogP contribution in [0.4, 0.5) is 0 Å². The third kappa shape index (κ3) is 1.42. The molecule has 5 nitrogen and oxygen atoms in total. The Hall–Kier alpha value is -1.69. The van der Waals surface area contributed by atoms with E-state index in [1.54, 1.807) is 13.0 Å². The van der Waals surface area contributed by atoms with Crippen LogP contribution in [0.25, 0.3) is 0 Å². The smallest absolute Gasteiger partial charge is 0.339 e. The fourth-order valence-corrected chi connectivity index (χ4v) is 2.15. The van der Waals surface area contributed by atoms with Crippen molar-refractivity contribution >= 4 is 5.97 Å². The Morgan fingerprint density at radius 2 is 1.94 bits per heavy atom. The van der Waals surface area contributed by atoms with E-state index >= 15 is 0 Å². The molecule has 0 N–H and O–H groups in total. The Kier molecular flexibility index (Phi) is 2.31. The minimum atomic E-state index is -1.22. The maximum Gasteiger partial charge on any atom is 0.339 e. The molecule has 18 heavy (non-hydrogen) atoms. The van der Waals surface area contributed by atoms with Crippen molar-refractivity contribution in [2.45, 2.75) is 18.5 Å². The molecule has 0 radical (unpaired) electrons. The van der Waals surface area contributed by atoms with Crippen LogP contribution in [-0.2, 0) is 29.8 Å². The third-order valence-electron chi connectivity index (χ3n) is 3.08. The van der Waals surface area contributed by atoms with E-state index in [0.29, 0.717) is 5.57 Å². The number of fused-ring (bicyclic) bond motifs is 2. The van der Waals surface area contributed by atoms with Gasteiger partial charge in [0.15, 0.2) is 0 Å². The van der Waals surface area contributed by atoms with Gasteiger partial charge in [-0.25, -0.2) is 4.79 Å². The molecule has 1 aromatic carbocycles. The molecule has 1 aromatic rings. The molecule has 5 heteroatoms. The third-order valence-corrected chi connectivity index (χ3v) is 3.08. The Morgan fingerprint density at radius 3 is 2.61 bits per heavy atom. The molecule has 2 unspecified atom stereocenters. The maximum atomic E-state index is 11.7. The highest BCUT2D eigenvalue weighted by Gasteiger charge is 2.60. The van der Waals surface area contributed by atoms with Crippen LogP contribution in [0.1, 0.15) is 12.5 Å². The lowest BCUT2D eigenvalue weighted by Crippen LogP contribution is -2.31. The molecule has 0 saturated carbocycles. The van der Waals surface area contributed by atoms with Gasteiger partial charge in [-0.15, -0.1) is 0 Å². The molecule has 94 valence electrons. The van der Waals surface area contributed by atoms with Crippen molar-refractivity contribution in [2.75, 3.05) is 7.11 Å². The number of ether oxygens (including phenoxy) is 2. The lowest BCUT2D eigenvalue weighted by molar-refractivity contribution is -0.342. The monoisotopic (exact) mass is 248 g/mol. The van der Waals surface area contributed by atoms with Gasteiger partial charge in [0.05, 0.1) is 7.11 Å². The van der Waals surface area contributed by atoms with Crippen molar-refractivity contribution in [1.29, 1.82) is 0 Å². The van der Waals surface area contributed by atoms with Crippen molar-refractivity contribution in [3.63, 3.8) is 0 Å². The number of hydrogen-bond donors (Lipinski definition) is 0. The van der Waals surface area contributed by atoms with Crippen LogP contribution in [0, 0.1) is 0 Å². The van der Waals surface area contributed by atoms with E-state index in [9.17, 15) is 4.79 Å². The first-order valence-electron chi connectivity index (χ1n) is 5.54. The normalized spacial score (nSPS) is 33.3. The number of methoxy groups -OCH3 is 1. The lowest BCUT2D eigenvalue weighted by atomic mass is 10.0. The summed E-state index contributed by atoms with van der Waals surface area (Å²) in [5.74, 6) is -2.87. The topological polar surface area (TPSA) is 54.0 Å². The SMILES string of the molecule is COC(=O)C1=CC2(c3ccccc3)OOC1(C)O2. The van der Waals surface area contributed by atoms with E-state index in [1.165, 1.54) is 7.11 Å². The molecule has 0 aromatic heterocycles. The van der Waals surface area contributed by atoms with Gasteiger partial charge in [0.25, 0.3) is 5.79 Å². The molecule has 3 rings (SSSR count). The highest BCUT2D eigenvalue weighted by atomic mass is 17.3. The van der Waals surface area contributed by atoms with E-state index in [-0.39, 0.29) is 0 Å². The molecule has 2 atom stereocenters. The quantitative estimate of drug-likeness (QED) is 0.588. The summed E-state index contributed by atoms with van der Waals surface area (Å²) in [6.07, 6.45) is 1.59. The summed E-state index contributed by atoms with van der Waals surface area (Å²) in [7, 11) is 1.31. The molecule has 1 saturated heterocycles. The number of benzene rings is 1. The van der Waals surface area contributed by atoms with Gasteiger partial charge in [-0.1, -0.05) is 30.3 Å². The zero-order valence-corrected chi connectivity index (χ0v) is 10.0. The highest BCUT2D eigenvalue weighted by molar-refractivity contribution is 5.91. The largest absolute Gasteiger partial charge is 0.466 e. The molecule has 0 spiro atoms. The van der Waals surface area contributed by atoms with E-state index in [1.807, 2.05) is 30.3 Å². The first kappa shape index (κ1) is 11.4. The molecule has 0 amide bonds. The molecule has 2 bridgehead atoms. The van der Waals surface area contributed by atoms with Gasteiger partial charge in [-0.3, -0.25) is 0 Å².